The second kappa shape index (κ2) is 5.59. The summed E-state index contributed by atoms with van der Waals surface area (Å²) >= 11 is 0. The third-order valence-corrected chi connectivity index (χ3v) is 5.75. The van der Waals surface area contributed by atoms with Crippen LogP contribution in [0, 0.1) is 23.2 Å². The van der Waals surface area contributed by atoms with Crippen LogP contribution in [0.4, 0.5) is 0 Å². The molecule has 0 aromatic carbocycles. The Morgan fingerprint density at radius 3 is 2.14 bits per heavy atom. The molecule has 5 heteroatoms. The van der Waals surface area contributed by atoms with Gasteiger partial charge in [-0.15, -0.1) is 0 Å². The lowest BCUT2D eigenvalue weighted by molar-refractivity contribution is -0.147. The topological polar surface area (TPSA) is 75.6 Å². The van der Waals surface area contributed by atoms with Crippen molar-refractivity contribution in [1.29, 1.82) is 0 Å². The van der Waals surface area contributed by atoms with Crippen LogP contribution < -0.4 is 5.32 Å². The molecule has 2 N–H and O–H groups in total. The van der Waals surface area contributed by atoms with Crippen LogP contribution in [-0.2, 0) is 14.3 Å². The summed E-state index contributed by atoms with van der Waals surface area (Å²) in [7, 11) is 1.49. The van der Waals surface area contributed by atoms with Crippen molar-refractivity contribution in [3.05, 3.63) is 0 Å². The molecule has 4 aliphatic carbocycles. The number of ether oxygens (including phenoxy) is 1. The number of aliphatic carboxylic acids is 1. The van der Waals surface area contributed by atoms with Crippen LogP contribution in [0.5, 0.6) is 0 Å². The van der Waals surface area contributed by atoms with Gasteiger partial charge in [0, 0.05) is 19.1 Å². The average Bonchev–Trinajstić information content (AvgIpc) is 2.41. The van der Waals surface area contributed by atoms with E-state index in [1.165, 1.54) is 26.4 Å². The van der Waals surface area contributed by atoms with E-state index in [9.17, 15) is 9.59 Å². The van der Waals surface area contributed by atoms with Crippen molar-refractivity contribution in [2.75, 3.05) is 13.7 Å². The van der Waals surface area contributed by atoms with Crippen LogP contribution >= 0.6 is 0 Å². The smallest absolute Gasteiger partial charge is 0.306 e. The molecule has 1 unspecified atom stereocenters. The first-order chi connectivity index (χ1) is 10.0. The summed E-state index contributed by atoms with van der Waals surface area (Å²) in [6.45, 7) is 0.295. The molecule has 21 heavy (non-hydrogen) atoms. The second-order valence-electron chi connectivity index (χ2n) is 7.36. The van der Waals surface area contributed by atoms with Gasteiger partial charge < -0.3 is 15.2 Å². The highest BCUT2D eigenvalue weighted by atomic mass is 16.5. The number of methoxy groups -OCH3 is 1. The van der Waals surface area contributed by atoms with Gasteiger partial charge in [0.15, 0.2) is 0 Å². The zero-order valence-corrected chi connectivity index (χ0v) is 12.6. The molecular formula is C16H25NO4. The second-order valence-corrected chi connectivity index (χ2v) is 7.36. The van der Waals surface area contributed by atoms with E-state index in [2.05, 4.69) is 5.32 Å². The minimum absolute atomic E-state index is 0.0718. The first-order valence-electron chi connectivity index (χ1n) is 8.03. The summed E-state index contributed by atoms with van der Waals surface area (Å²) in [6, 6.07) is 0. The Bertz CT molecular complexity index is 399. The molecule has 0 aliphatic heterocycles. The molecule has 4 rings (SSSR count). The van der Waals surface area contributed by atoms with Gasteiger partial charge >= 0.3 is 5.97 Å². The predicted molar refractivity (Wildman–Crippen MR) is 76.7 cm³/mol. The lowest BCUT2D eigenvalue weighted by Crippen LogP contribution is -2.54. The fourth-order valence-corrected chi connectivity index (χ4v) is 5.22. The number of hydrogen-bond donors (Lipinski definition) is 2. The third-order valence-electron chi connectivity index (χ3n) is 5.75. The zero-order valence-electron chi connectivity index (χ0n) is 12.6. The number of carboxylic acid groups (broad SMARTS) is 1. The Hall–Kier alpha value is -1.10. The summed E-state index contributed by atoms with van der Waals surface area (Å²) in [4.78, 5) is 23.4. The van der Waals surface area contributed by atoms with Crippen molar-refractivity contribution in [2.24, 2.45) is 23.2 Å². The van der Waals surface area contributed by atoms with Crippen LogP contribution in [0.3, 0.4) is 0 Å². The SMILES string of the molecule is COC(CNC(=O)C12CC3CC(CC(C3)C1)C2)CC(=O)O. The van der Waals surface area contributed by atoms with Crippen LogP contribution in [-0.4, -0.2) is 36.7 Å². The molecule has 4 aliphatic rings. The van der Waals surface area contributed by atoms with E-state index in [0.29, 0.717) is 6.54 Å². The number of rotatable bonds is 6. The molecule has 0 spiro atoms. The Morgan fingerprint density at radius 2 is 1.71 bits per heavy atom. The Kier molecular flexibility index (Phi) is 3.95. The maximum atomic E-state index is 12.7. The van der Waals surface area contributed by atoms with Crippen LogP contribution in [0.2, 0.25) is 0 Å². The number of carbonyl (C=O) groups is 2. The van der Waals surface area contributed by atoms with Gasteiger partial charge in [0.1, 0.15) is 0 Å². The Balaban J connectivity index is 1.59. The van der Waals surface area contributed by atoms with Crippen molar-refractivity contribution in [2.45, 2.75) is 51.0 Å². The van der Waals surface area contributed by atoms with E-state index in [1.807, 2.05) is 0 Å². The Labute approximate surface area is 125 Å². The lowest BCUT2D eigenvalue weighted by atomic mass is 9.49. The monoisotopic (exact) mass is 295 g/mol. The van der Waals surface area contributed by atoms with Crippen LogP contribution in [0.15, 0.2) is 0 Å². The first-order valence-corrected chi connectivity index (χ1v) is 8.03. The lowest BCUT2D eigenvalue weighted by Gasteiger charge is -2.55. The van der Waals surface area contributed by atoms with Gasteiger partial charge in [-0.05, 0) is 56.3 Å². The molecule has 1 amide bonds. The molecule has 1 atom stereocenters. The molecule has 4 fully saturated rings. The van der Waals surface area contributed by atoms with E-state index in [0.717, 1.165) is 37.0 Å². The fraction of sp³-hybridized carbons (Fsp3) is 0.875. The van der Waals surface area contributed by atoms with Crippen molar-refractivity contribution in [1.82, 2.24) is 5.32 Å². The van der Waals surface area contributed by atoms with Gasteiger partial charge in [-0.1, -0.05) is 0 Å². The van der Waals surface area contributed by atoms with Crippen molar-refractivity contribution < 1.29 is 19.4 Å². The van der Waals surface area contributed by atoms with Crippen molar-refractivity contribution in [3.63, 3.8) is 0 Å². The molecule has 4 saturated carbocycles. The highest BCUT2D eigenvalue weighted by molar-refractivity contribution is 5.83. The first kappa shape index (κ1) is 14.8. The van der Waals surface area contributed by atoms with E-state index < -0.39 is 12.1 Å². The number of amides is 1. The molecule has 118 valence electrons. The van der Waals surface area contributed by atoms with Gasteiger partial charge in [0.05, 0.1) is 12.5 Å². The molecular weight excluding hydrogens is 270 g/mol. The minimum atomic E-state index is -0.897. The maximum absolute atomic E-state index is 12.7. The van der Waals surface area contributed by atoms with E-state index in [-0.39, 0.29) is 17.7 Å². The van der Waals surface area contributed by atoms with Gasteiger partial charge in [0.2, 0.25) is 5.91 Å². The van der Waals surface area contributed by atoms with Gasteiger partial charge in [0.25, 0.3) is 0 Å². The van der Waals surface area contributed by atoms with Gasteiger partial charge in [-0.2, -0.15) is 0 Å². The van der Waals surface area contributed by atoms with Crippen molar-refractivity contribution >= 4 is 11.9 Å². The van der Waals surface area contributed by atoms with Crippen LogP contribution in [0.25, 0.3) is 0 Å². The zero-order chi connectivity index (χ0) is 15.0. The summed E-state index contributed by atoms with van der Waals surface area (Å²) in [5.41, 5.74) is -0.170. The highest BCUT2D eigenvalue weighted by Gasteiger charge is 2.54. The molecule has 0 aromatic rings. The minimum Gasteiger partial charge on any atom is -0.481 e. The fourth-order valence-electron chi connectivity index (χ4n) is 5.22. The highest BCUT2D eigenvalue weighted by Crippen LogP contribution is 2.60. The molecule has 0 saturated heterocycles. The van der Waals surface area contributed by atoms with Gasteiger partial charge in [-0.3, -0.25) is 9.59 Å². The summed E-state index contributed by atoms with van der Waals surface area (Å²) in [6.07, 6.45) is 6.51. The summed E-state index contributed by atoms with van der Waals surface area (Å²) in [5, 5.41) is 11.8. The Morgan fingerprint density at radius 1 is 1.19 bits per heavy atom. The molecule has 5 nitrogen and oxygen atoms in total. The summed E-state index contributed by atoms with van der Waals surface area (Å²) in [5.74, 6) is 1.44. The molecule has 0 radical (unpaired) electrons. The number of nitrogens with one attached hydrogen (secondary N) is 1. The molecule has 0 aromatic heterocycles. The van der Waals surface area contributed by atoms with Crippen LogP contribution in [0.1, 0.15) is 44.9 Å². The van der Waals surface area contributed by atoms with E-state index >= 15 is 0 Å². The summed E-state index contributed by atoms with van der Waals surface area (Å²) < 4.78 is 5.13. The number of carbonyl (C=O) groups excluding carboxylic acids is 1. The molecule has 0 heterocycles. The molecule has 4 bridgehead atoms. The third kappa shape index (κ3) is 2.93. The number of carboxylic acids is 1. The number of hydrogen-bond acceptors (Lipinski definition) is 3. The maximum Gasteiger partial charge on any atom is 0.306 e. The predicted octanol–water partition coefficient (Wildman–Crippen LogP) is 1.81. The van der Waals surface area contributed by atoms with Gasteiger partial charge in [-0.25, -0.2) is 0 Å². The normalized spacial score (nSPS) is 38.2. The van der Waals surface area contributed by atoms with E-state index in [1.54, 1.807) is 0 Å². The van der Waals surface area contributed by atoms with Crippen molar-refractivity contribution in [3.8, 4) is 0 Å². The average molecular weight is 295 g/mol. The largest absolute Gasteiger partial charge is 0.481 e. The standard InChI is InChI=1S/C16H25NO4/c1-21-13(5-14(18)19)9-17-15(20)16-6-10-2-11(7-16)4-12(3-10)8-16/h10-13H,2-9H2,1H3,(H,17,20)(H,18,19). The van der Waals surface area contributed by atoms with E-state index in [4.69, 9.17) is 9.84 Å². The quantitative estimate of drug-likeness (QED) is 0.783.